The van der Waals surface area contributed by atoms with Gasteiger partial charge in [-0.05, 0) is 31.9 Å². The molecule has 1 amide bonds. The molecule has 2 heterocycles. The Morgan fingerprint density at radius 3 is 2.81 bits per heavy atom. The Morgan fingerprint density at radius 1 is 1.31 bits per heavy atom. The highest BCUT2D eigenvalue weighted by atomic mass is 32.1. The van der Waals surface area contributed by atoms with Gasteiger partial charge >= 0.3 is 0 Å². The zero-order valence-corrected chi connectivity index (χ0v) is 14.6. The molecule has 0 spiro atoms. The number of benzene rings is 1. The Balaban J connectivity index is 1.66. The Morgan fingerprint density at radius 2 is 2.08 bits per heavy atom. The molecule has 3 aromatic rings. The van der Waals surface area contributed by atoms with Gasteiger partial charge in [-0.3, -0.25) is 14.9 Å². The number of hydrogen-bond acceptors (Lipinski definition) is 6. The van der Waals surface area contributed by atoms with E-state index in [0.29, 0.717) is 16.7 Å². The van der Waals surface area contributed by atoms with Gasteiger partial charge in [0.05, 0.1) is 0 Å². The fourth-order valence-electron chi connectivity index (χ4n) is 2.51. The molecule has 1 saturated carbocycles. The van der Waals surface area contributed by atoms with E-state index in [-0.39, 0.29) is 11.4 Å². The molecule has 0 unspecified atom stereocenters. The quantitative estimate of drug-likeness (QED) is 0.761. The molecule has 7 nitrogen and oxygen atoms in total. The zero-order valence-electron chi connectivity index (χ0n) is 13.8. The van der Waals surface area contributed by atoms with Gasteiger partial charge < -0.3 is 0 Å². The SMILES string of the molecule is Cc1cc(=O)c(C(=O)Nc2nnc(C3CC3)s2)nn1-c1ccccc1F. The van der Waals surface area contributed by atoms with Crippen molar-refractivity contribution in [2.45, 2.75) is 25.7 Å². The summed E-state index contributed by atoms with van der Waals surface area (Å²) in [5.74, 6) is -0.774. The maximum atomic E-state index is 14.1. The van der Waals surface area contributed by atoms with Crippen LogP contribution in [0.3, 0.4) is 0 Å². The lowest BCUT2D eigenvalue weighted by molar-refractivity contribution is 0.101. The third-order valence-electron chi connectivity index (χ3n) is 3.99. The second kappa shape index (κ2) is 6.41. The fourth-order valence-corrected chi connectivity index (χ4v) is 3.42. The molecule has 1 aliphatic rings. The number of aromatic nitrogens is 4. The van der Waals surface area contributed by atoms with E-state index in [2.05, 4.69) is 20.6 Å². The number of rotatable bonds is 4. The maximum absolute atomic E-state index is 14.1. The standard InChI is InChI=1S/C17H14FN5O2S/c1-9-8-13(24)14(22-23(9)12-5-3-2-4-11(12)18)15(25)19-17-21-20-16(26-17)10-6-7-10/h2-5,8,10H,6-7H2,1H3,(H,19,21,25). The number of nitrogens with one attached hydrogen (secondary N) is 1. The summed E-state index contributed by atoms with van der Waals surface area (Å²) < 4.78 is 15.3. The Hall–Kier alpha value is -2.94. The molecule has 0 bridgehead atoms. The molecule has 26 heavy (non-hydrogen) atoms. The van der Waals surface area contributed by atoms with Crippen molar-refractivity contribution >= 4 is 22.4 Å². The minimum Gasteiger partial charge on any atom is -0.295 e. The van der Waals surface area contributed by atoms with Crippen LogP contribution in [-0.4, -0.2) is 25.9 Å². The lowest BCUT2D eigenvalue weighted by Crippen LogP contribution is -2.27. The van der Waals surface area contributed by atoms with E-state index < -0.39 is 17.2 Å². The Bertz CT molecular complexity index is 1060. The number of aryl methyl sites for hydroxylation is 1. The second-order valence-corrected chi connectivity index (χ2v) is 7.04. The van der Waals surface area contributed by atoms with Crippen molar-refractivity contribution in [3.8, 4) is 5.69 Å². The van der Waals surface area contributed by atoms with Crippen LogP contribution in [0, 0.1) is 12.7 Å². The molecule has 1 aromatic carbocycles. The first-order valence-electron chi connectivity index (χ1n) is 8.03. The third-order valence-corrected chi connectivity index (χ3v) is 4.99. The van der Waals surface area contributed by atoms with Gasteiger partial charge in [0.25, 0.3) is 5.91 Å². The number of amides is 1. The van der Waals surface area contributed by atoms with Crippen LogP contribution >= 0.6 is 11.3 Å². The normalized spacial score (nSPS) is 13.6. The molecule has 132 valence electrons. The summed E-state index contributed by atoms with van der Waals surface area (Å²) in [6.45, 7) is 1.62. The number of para-hydroxylation sites is 1. The first kappa shape index (κ1) is 16.5. The van der Waals surface area contributed by atoms with E-state index in [0.717, 1.165) is 17.8 Å². The van der Waals surface area contributed by atoms with Gasteiger partial charge in [-0.25, -0.2) is 9.07 Å². The smallest absolute Gasteiger partial charge is 0.282 e. The van der Waals surface area contributed by atoms with Gasteiger partial charge in [0.1, 0.15) is 16.5 Å². The lowest BCUT2D eigenvalue weighted by Gasteiger charge is -2.11. The highest BCUT2D eigenvalue weighted by molar-refractivity contribution is 7.15. The summed E-state index contributed by atoms with van der Waals surface area (Å²) in [6.07, 6.45) is 2.16. The van der Waals surface area contributed by atoms with E-state index in [4.69, 9.17) is 0 Å². The summed E-state index contributed by atoms with van der Waals surface area (Å²) in [7, 11) is 0. The second-order valence-electron chi connectivity index (χ2n) is 6.04. The Kier molecular flexibility index (Phi) is 4.08. The van der Waals surface area contributed by atoms with Crippen LogP contribution in [0.5, 0.6) is 0 Å². The van der Waals surface area contributed by atoms with Crippen LogP contribution in [0.15, 0.2) is 35.1 Å². The number of carbonyl (C=O) groups is 1. The highest BCUT2D eigenvalue weighted by Crippen LogP contribution is 2.42. The molecule has 0 saturated heterocycles. The summed E-state index contributed by atoms with van der Waals surface area (Å²) in [4.78, 5) is 24.7. The fraction of sp³-hybridized carbons (Fsp3) is 0.235. The van der Waals surface area contributed by atoms with Crippen molar-refractivity contribution in [2.75, 3.05) is 5.32 Å². The molecule has 0 radical (unpaired) electrons. The van der Waals surface area contributed by atoms with E-state index in [9.17, 15) is 14.0 Å². The monoisotopic (exact) mass is 371 g/mol. The van der Waals surface area contributed by atoms with Crippen LogP contribution < -0.4 is 10.7 Å². The first-order chi connectivity index (χ1) is 12.5. The number of nitrogens with zero attached hydrogens (tertiary/aromatic N) is 4. The van der Waals surface area contributed by atoms with Gasteiger partial charge in [0, 0.05) is 17.7 Å². The van der Waals surface area contributed by atoms with Gasteiger partial charge in [0.15, 0.2) is 5.69 Å². The van der Waals surface area contributed by atoms with Crippen molar-refractivity contribution in [3.05, 3.63) is 62.8 Å². The first-order valence-corrected chi connectivity index (χ1v) is 8.85. The lowest BCUT2D eigenvalue weighted by atomic mass is 10.2. The van der Waals surface area contributed by atoms with Gasteiger partial charge in [-0.2, -0.15) is 5.10 Å². The molecule has 4 rings (SSSR count). The predicted molar refractivity (Wildman–Crippen MR) is 94.4 cm³/mol. The molecule has 0 atom stereocenters. The average molecular weight is 371 g/mol. The largest absolute Gasteiger partial charge is 0.295 e. The summed E-state index contributed by atoms with van der Waals surface area (Å²) in [6, 6.07) is 7.27. The summed E-state index contributed by atoms with van der Waals surface area (Å²) in [5.41, 5.74) is -0.295. The van der Waals surface area contributed by atoms with Crippen LogP contribution in [0.25, 0.3) is 5.69 Å². The molecule has 9 heteroatoms. The van der Waals surface area contributed by atoms with Crippen molar-refractivity contribution in [1.82, 2.24) is 20.0 Å². The summed E-state index contributed by atoms with van der Waals surface area (Å²) >= 11 is 1.29. The third kappa shape index (κ3) is 3.13. The van der Waals surface area contributed by atoms with Crippen LogP contribution in [0.4, 0.5) is 9.52 Å². The summed E-state index contributed by atoms with van der Waals surface area (Å²) in [5, 5.41) is 15.8. The molecule has 0 aliphatic heterocycles. The van der Waals surface area contributed by atoms with Gasteiger partial charge in [0.2, 0.25) is 10.6 Å². The number of anilines is 1. The highest BCUT2D eigenvalue weighted by Gasteiger charge is 2.28. The maximum Gasteiger partial charge on any atom is 0.282 e. The van der Waals surface area contributed by atoms with Gasteiger partial charge in [-0.15, -0.1) is 10.2 Å². The number of carbonyl (C=O) groups excluding carboxylic acids is 1. The van der Waals surface area contributed by atoms with Crippen LogP contribution in [-0.2, 0) is 0 Å². The van der Waals surface area contributed by atoms with E-state index in [1.165, 1.54) is 34.2 Å². The molecular weight excluding hydrogens is 357 g/mol. The molecule has 2 aromatic heterocycles. The van der Waals surface area contributed by atoms with Crippen molar-refractivity contribution in [2.24, 2.45) is 0 Å². The number of hydrogen-bond donors (Lipinski definition) is 1. The van der Waals surface area contributed by atoms with Crippen LogP contribution in [0.1, 0.15) is 39.9 Å². The zero-order chi connectivity index (χ0) is 18.3. The predicted octanol–water partition coefficient (Wildman–Crippen LogP) is 2.66. The Labute approximate surface area is 151 Å². The van der Waals surface area contributed by atoms with E-state index in [1.807, 2.05) is 0 Å². The van der Waals surface area contributed by atoms with E-state index in [1.54, 1.807) is 19.1 Å². The van der Waals surface area contributed by atoms with Gasteiger partial charge in [-0.1, -0.05) is 23.5 Å². The van der Waals surface area contributed by atoms with E-state index >= 15 is 0 Å². The minimum atomic E-state index is -0.696. The minimum absolute atomic E-state index is 0.158. The van der Waals surface area contributed by atoms with Crippen molar-refractivity contribution in [3.63, 3.8) is 0 Å². The van der Waals surface area contributed by atoms with Crippen molar-refractivity contribution in [1.29, 1.82) is 0 Å². The van der Waals surface area contributed by atoms with Crippen molar-refractivity contribution < 1.29 is 9.18 Å². The molecule has 1 fully saturated rings. The molecular formula is C17H14FN5O2S. The molecule has 1 aliphatic carbocycles. The molecule has 1 N–H and O–H groups in total. The van der Waals surface area contributed by atoms with Crippen LogP contribution in [0.2, 0.25) is 0 Å². The number of halogens is 1. The topological polar surface area (TPSA) is 89.8 Å². The average Bonchev–Trinajstić information content (AvgIpc) is 3.36.